The molecule has 98 valence electrons. The molecule has 2 fully saturated rings. The summed E-state index contributed by atoms with van der Waals surface area (Å²) in [7, 11) is 0. The van der Waals surface area contributed by atoms with Crippen molar-refractivity contribution >= 4 is 21.8 Å². The van der Waals surface area contributed by atoms with Crippen molar-refractivity contribution in [2.75, 3.05) is 13.2 Å². The van der Waals surface area contributed by atoms with E-state index in [-0.39, 0.29) is 17.9 Å². The predicted octanol–water partition coefficient (Wildman–Crippen LogP) is 2.09. The van der Waals surface area contributed by atoms with Crippen molar-refractivity contribution in [3.05, 3.63) is 22.4 Å². The summed E-state index contributed by atoms with van der Waals surface area (Å²) in [6.45, 7) is 0.746. The van der Waals surface area contributed by atoms with Gasteiger partial charge in [0.25, 0.3) is 5.91 Å². The van der Waals surface area contributed by atoms with Gasteiger partial charge in [-0.25, -0.2) is 0 Å². The molecule has 2 aliphatic carbocycles. The first-order chi connectivity index (χ1) is 8.63. The SMILES string of the molecule is O=C(NCC1(CO)CC1)c1cc(Br)cn1C1CC1. The van der Waals surface area contributed by atoms with Crippen LogP contribution in [0.4, 0.5) is 0 Å². The summed E-state index contributed by atoms with van der Waals surface area (Å²) in [5.41, 5.74) is 0.683. The van der Waals surface area contributed by atoms with Gasteiger partial charge in [-0.2, -0.15) is 0 Å². The van der Waals surface area contributed by atoms with Crippen molar-refractivity contribution in [2.24, 2.45) is 5.41 Å². The van der Waals surface area contributed by atoms with Crippen LogP contribution in [-0.4, -0.2) is 28.7 Å². The van der Waals surface area contributed by atoms with Crippen LogP contribution in [0.25, 0.3) is 0 Å². The van der Waals surface area contributed by atoms with Gasteiger partial charge in [0.2, 0.25) is 0 Å². The number of hydrogen-bond acceptors (Lipinski definition) is 2. The van der Waals surface area contributed by atoms with Crippen molar-refractivity contribution in [1.29, 1.82) is 0 Å². The van der Waals surface area contributed by atoms with Crippen LogP contribution in [0.3, 0.4) is 0 Å². The third kappa shape index (κ3) is 2.34. The van der Waals surface area contributed by atoms with E-state index in [1.807, 2.05) is 12.3 Å². The van der Waals surface area contributed by atoms with Crippen LogP contribution in [0.1, 0.15) is 42.2 Å². The number of carbonyl (C=O) groups excluding carboxylic acids is 1. The molecule has 0 atom stereocenters. The lowest BCUT2D eigenvalue weighted by atomic mass is 10.1. The number of carbonyl (C=O) groups is 1. The topological polar surface area (TPSA) is 54.3 Å². The molecule has 1 heterocycles. The van der Waals surface area contributed by atoms with Gasteiger partial charge in [-0.1, -0.05) is 0 Å². The largest absolute Gasteiger partial charge is 0.396 e. The number of halogens is 1. The molecule has 0 spiro atoms. The van der Waals surface area contributed by atoms with Crippen LogP contribution in [0.5, 0.6) is 0 Å². The summed E-state index contributed by atoms with van der Waals surface area (Å²) in [4.78, 5) is 12.2. The molecule has 1 aromatic heterocycles. The third-order valence-electron chi connectivity index (χ3n) is 3.90. The van der Waals surface area contributed by atoms with Gasteiger partial charge in [-0.15, -0.1) is 0 Å². The van der Waals surface area contributed by atoms with E-state index in [0.29, 0.717) is 12.6 Å². The highest BCUT2D eigenvalue weighted by atomic mass is 79.9. The summed E-state index contributed by atoms with van der Waals surface area (Å²) >= 11 is 3.42. The van der Waals surface area contributed by atoms with Crippen LogP contribution >= 0.6 is 15.9 Å². The zero-order chi connectivity index (χ0) is 12.8. The summed E-state index contributed by atoms with van der Waals surface area (Å²) in [5, 5.41) is 12.2. The Morgan fingerprint density at radius 3 is 2.83 bits per heavy atom. The Kier molecular flexibility index (Phi) is 2.98. The summed E-state index contributed by atoms with van der Waals surface area (Å²) in [6.07, 6.45) is 6.31. The lowest BCUT2D eigenvalue weighted by molar-refractivity contribution is 0.0925. The highest BCUT2D eigenvalue weighted by Gasteiger charge is 2.42. The Labute approximate surface area is 114 Å². The minimum Gasteiger partial charge on any atom is -0.396 e. The molecular formula is C13H17BrN2O2. The second-order valence-corrected chi connectivity index (χ2v) is 6.44. The maximum absolute atomic E-state index is 12.2. The van der Waals surface area contributed by atoms with Crippen LogP contribution in [0.2, 0.25) is 0 Å². The van der Waals surface area contributed by atoms with E-state index < -0.39 is 0 Å². The van der Waals surface area contributed by atoms with E-state index in [9.17, 15) is 9.90 Å². The van der Waals surface area contributed by atoms with Gasteiger partial charge >= 0.3 is 0 Å². The Morgan fingerprint density at radius 1 is 1.56 bits per heavy atom. The molecule has 4 nitrogen and oxygen atoms in total. The molecule has 1 aromatic rings. The zero-order valence-corrected chi connectivity index (χ0v) is 11.7. The lowest BCUT2D eigenvalue weighted by Crippen LogP contribution is -2.33. The van der Waals surface area contributed by atoms with Gasteiger partial charge in [-0.05, 0) is 47.7 Å². The second kappa shape index (κ2) is 4.38. The molecule has 0 aromatic carbocycles. The molecule has 5 heteroatoms. The number of hydrogen-bond donors (Lipinski definition) is 2. The summed E-state index contributed by atoms with van der Waals surface area (Å²) < 4.78 is 3.00. The number of amides is 1. The molecule has 2 aliphatic rings. The Morgan fingerprint density at radius 2 is 2.28 bits per heavy atom. The van der Waals surface area contributed by atoms with Gasteiger partial charge in [0.05, 0.1) is 6.61 Å². The van der Waals surface area contributed by atoms with Gasteiger partial charge < -0.3 is 15.0 Å². The van der Waals surface area contributed by atoms with Crippen LogP contribution in [0, 0.1) is 5.41 Å². The Hall–Kier alpha value is -0.810. The Bertz CT molecular complexity index is 475. The summed E-state index contributed by atoms with van der Waals surface area (Å²) in [5.74, 6) is -0.0349. The molecule has 0 saturated heterocycles. The van der Waals surface area contributed by atoms with Crippen LogP contribution in [0.15, 0.2) is 16.7 Å². The minimum atomic E-state index is -0.0378. The predicted molar refractivity (Wildman–Crippen MR) is 71.5 cm³/mol. The third-order valence-corrected chi connectivity index (χ3v) is 4.34. The zero-order valence-electron chi connectivity index (χ0n) is 10.2. The quantitative estimate of drug-likeness (QED) is 0.874. The van der Waals surface area contributed by atoms with Crippen molar-refractivity contribution in [3.8, 4) is 0 Å². The molecule has 2 saturated carbocycles. The number of nitrogens with zero attached hydrogens (tertiary/aromatic N) is 1. The first-order valence-corrected chi connectivity index (χ1v) is 7.19. The molecule has 18 heavy (non-hydrogen) atoms. The molecule has 0 aliphatic heterocycles. The van der Waals surface area contributed by atoms with Gasteiger partial charge in [0.1, 0.15) is 5.69 Å². The normalized spacial score (nSPS) is 20.8. The molecule has 0 bridgehead atoms. The first-order valence-electron chi connectivity index (χ1n) is 6.40. The molecule has 2 N–H and O–H groups in total. The van der Waals surface area contributed by atoms with Gasteiger partial charge in [-0.3, -0.25) is 4.79 Å². The number of aliphatic hydroxyl groups is 1. The molecule has 3 rings (SSSR count). The maximum atomic E-state index is 12.2. The number of rotatable bonds is 5. The molecule has 0 unspecified atom stereocenters. The van der Waals surface area contributed by atoms with Gasteiger partial charge in [0, 0.05) is 28.7 Å². The fourth-order valence-corrected chi connectivity index (χ4v) is 2.65. The monoisotopic (exact) mass is 312 g/mol. The average molecular weight is 313 g/mol. The molecular weight excluding hydrogens is 296 g/mol. The molecule has 0 radical (unpaired) electrons. The van der Waals surface area contributed by atoms with E-state index in [0.717, 1.165) is 35.8 Å². The van der Waals surface area contributed by atoms with Crippen molar-refractivity contribution in [2.45, 2.75) is 31.7 Å². The minimum absolute atomic E-state index is 0.0349. The van der Waals surface area contributed by atoms with E-state index in [1.54, 1.807) is 0 Å². The number of nitrogens with one attached hydrogen (secondary N) is 1. The smallest absolute Gasteiger partial charge is 0.267 e. The lowest BCUT2D eigenvalue weighted by Gasteiger charge is -2.13. The maximum Gasteiger partial charge on any atom is 0.267 e. The first kappa shape index (κ1) is 12.2. The van der Waals surface area contributed by atoms with E-state index >= 15 is 0 Å². The van der Waals surface area contributed by atoms with Gasteiger partial charge in [0.15, 0.2) is 0 Å². The van der Waals surface area contributed by atoms with Crippen molar-refractivity contribution in [1.82, 2.24) is 9.88 Å². The second-order valence-electron chi connectivity index (χ2n) is 5.52. The van der Waals surface area contributed by atoms with Crippen molar-refractivity contribution in [3.63, 3.8) is 0 Å². The standard InChI is InChI=1S/C13H17BrN2O2/c14-9-5-11(16(6-9)10-1-2-10)12(18)15-7-13(8-17)3-4-13/h5-6,10,17H,1-4,7-8H2,(H,15,18). The van der Waals surface area contributed by atoms with Crippen LogP contribution in [-0.2, 0) is 0 Å². The highest BCUT2D eigenvalue weighted by Crippen LogP contribution is 2.44. The number of aliphatic hydroxyl groups excluding tert-OH is 1. The van der Waals surface area contributed by atoms with E-state index in [4.69, 9.17) is 0 Å². The molecule has 1 amide bonds. The van der Waals surface area contributed by atoms with Crippen LogP contribution < -0.4 is 5.32 Å². The Balaban J connectivity index is 1.68. The van der Waals surface area contributed by atoms with E-state index in [2.05, 4.69) is 25.8 Å². The number of aromatic nitrogens is 1. The fraction of sp³-hybridized carbons (Fsp3) is 0.615. The average Bonchev–Trinajstić information content (AvgIpc) is 3.26. The van der Waals surface area contributed by atoms with Crippen molar-refractivity contribution < 1.29 is 9.90 Å². The fourth-order valence-electron chi connectivity index (χ4n) is 2.21. The van der Waals surface area contributed by atoms with E-state index in [1.165, 1.54) is 0 Å². The summed E-state index contributed by atoms with van der Waals surface area (Å²) in [6, 6.07) is 2.36. The highest BCUT2D eigenvalue weighted by molar-refractivity contribution is 9.10.